The molecule has 22 heavy (non-hydrogen) atoms. The van der Waals surface area contributed by atoms with Crippen molar-refractivity contribution < 1.29 is 13.2 Å². The molecule has 0 saturated carbocycles. The summed E-state index contributed by atoms with van der Waals surface area (Å²) in [5.41, 5.74) is 6.54. The molecule has 7 heteroatoms. The molecular weight excluding hydrogens is 302 g/mol. The monoisotopic (exact) mass is 325 g/mol. The summed E-state index contributed by atoms with van der Waals surface area (Å²) in [5.74, 6) is -0.195. The third kappa shape index (κ3) is 3.85. The average Bonchev–Trinajstić information content (AvgIpc) is 2.48. The number of hydrogen-bond donors (Lipinski definition) is 2. The minimum atomic E-state index is -3.45. The number of amides is 1. The van der Waals surface area contributed by atoms with E-state index in [-0.39, 0.29) is 11.9 Å². The lowest BCUT2D eigenvalue weighted by Gasteiger charge is -2.32. The fraction of sp³-hybridized carbons (Fsp3) is 0.533. The van der Waals surface area contributed by atoms with Gasteiger partial charge in [0.25, 0.3) is 0 Å². The molecule has 2 rings (SSSR count). The number of aryl methyl sites for hydroxylation is 1. The Hall–Kier alpha value is -1.44. The standard InChI is InChI=1S/C15H23N3O3S/c1-11-3-5-14(6-4-11)22(20,21)18-9-7-13(8-10-18)17-15(19)12(2)16/h3-6,12-13H,7-10,16H2,1-2H3,(H,17,19)/t12-/m0/s1. The van der Waals surface area contributed by atoms with E-state index in [9.17, 15) is 13.2 Å². The molecule has 1 aromatic carbocycles. The Bertz CT molecular complexity index is 618. The number of carbonyl (C=O) groups excluding carboxylic acids is 1. The van der Waals surface area contributed by atoms with Crippen LogP contribution in [-0.2, 0) is 14.8 Å². The van der Waals surface area contributed by atoms with Crippen molar-refractivity contribution in [2.24, 2.45) is 5.73 Å². The van der Waals surface area contributed by atoms with Gasteiger partial charge in [-0.1, -0.05) is 17.7 Å². The minimum Gasteiger partial charge on any atom is -0.352 e. The Morgan fingerprint density at radius 3 is 2.32 bits per heavy atom. The van der Waals surface area contributed by atoms with Crippen molar-refractivity contribution in [1.29, 1.82) is 0 Å². The van der Waals surface area contributed by atoms with Gasteiger partial charge in [-0.05, 0) is 38.8 Å². The Morgan fingerprint density at radius 2 is 1.82 bits per heavy atom. The van der Waals surface area contributed by atoms with E-state index in [0.717, 1.165) is 5.56 Å². The highest BCUT2D eigenvalue weighted by Gasteiger charge is 2.30. The first-order valence-electron chi connectivity index (χ1n) is 7.43. The molecule has 3 N–H and O–H groups in total. The lowest BCUT2D eigenvalue weighted by molar-refractivity contribution is -0.122. The Labute approximate surface area is 131 Å². The van der Waals surface area contributed by atoms with Gasteiger partial charge in [-0.25, -0.2) is 8.42 Å². The molecule has 0 radical (unpaired) electrons. The molecule has 1 heterocycles. The van der Waals surface area contributed by atoms with Gasteiger partial charge in [0, 0.05) is 19.1 Å². The number of hydrogen-bond acceptors (Lipinski definition) is 4. The Kier molecular flexibility index (Phi) is 5.20. The van der Waals surface area contributed by atoms with Crippen LogP contribution in [0.25, 0.3) is 0 Å². The SMILES string of the molecule is Cc1ccc(S(=O)(=O)N2CCC(NC(=O)[C@H](C)N)CC2)cc1. The molecule has 122 valence electrons. The van der Waals surface area contributed by atoms with Gasteiger partial charge >= 0.3 is 0 Å². The summed E-state index contributed by atoms with van der Waals surface area (Å²) in [4.78, 5) is 11.9. The highest BCUT2D eigenvalue weighted by molar-refractivity contribution is 7.89. The van der Waals surface area contributed by atoms with E-state index in [1.165, 1.54) is 4.31 Å². The van der Waals surface area contributed by atoms with Gasteiger partial charge in [-0.15, -0.1) is 0 Å². The van der Waals surface area contributed by atoms with Crippen LogP contribution in [0, 0.1) is 6.92 Å². The highest BCUT2D eigenvalue weighted by Crippen LogP contribution is 2.21. The average molecular weight is 325 g/mol. The number of sulfonamides is 1. The van der Waals surface area contributed by atoms with E-state index >= 15 is 0 Å². The fourth-order valence-corrected chi connectivity index (χ4v) is 3.90. The Morgan fingerprint density at radius 1 is 1.27 bits per heavy atom. The quantitative estimate of drug-likeness (QED) is 0.848. The van der Waals surface area contributed by atoms with Gasteiger partial charge in [0.15, 0.2) is 0 Å². The van der Waals surface area contributed by atoms with Crippen LogP contribution in [0.2, 0.25) is 0 Å². The molecular formula is C15H23N3O3S. The van der Waals surface area contributed by atoms with Crippen LogP contribution in [0.1, 0.15) is 25.3 Å². The van der Waals surface area contributed by atoms with Crippen molar-refractivity contribution in [3.63, 3.8) is 0 Å². The lowest BCUT2D eigenvalue weighted by Crippen LogP contribution is -2.49. The first kappa shape index (κ1) is 16.9. The van der Waals surface area contributed by atoms with Gasteiger partial charge in [0.2, 0.25) is 15.9 Å². The number of nitrogens with zero attached hydrogens (tertiary/aromatic N) is 1. The third-order valence-corrected chi connectivity index (χ3v) is 5.79. The largest absolute Gasteiger partial charge is 0.352 e. The number of rotatable bonds is 4. The summed E-state index contributed by atoms with van der Waals surface area (Å²) in [6.07, 6.45) is 1.20. The zero-order valence-corrected chi connectivity index (χ0v) is 13.8. The normalized spacial score (nSPS) is 18.9. The first-order chi connectivity index (χ1) is 10.3. The van der Waals surface area contributed by atoms with Gasteiger partial charge in [0.05, 0.1) is 10.9 Å². The number of nitrogens with one attached hydrogen (secondary N) is 1. The molecule has 1 aromatic rings. The molecule has 1 saturated heterocycles. The predicted molar refractivity (Wildman–Crippen MR) is 84.8 cm³/mol. The second kappa shape index (κ2) is 6.76. The van der Waals surface area contributed by atoms with Crippen molar-refractivity contribution in [2.45, 2.75) is 43.7 Å². The van der Waals surface area contributed by atoms with Crippen LogP contribution >= 0.6 is 0 Å². The summed E-state index contributed by atoms with van der Waals surface area (Å²) in [5, 5.41) is 2.85. The molecule has 6 nitrogen and oxygen atoms in total. The fourth-order valence-electron chi connectivity index (χ4n) is 2.43. The van der Waals surface area contributed by atoms with Crippen LogP contribution in [-0.4, -0.2) is 43.8 Å². The zero-order chi connectivity index (χ0) is 16.3. The maximum atomic E-state index is 12.6. The number of piperidine rings is 1. The molecule has 1 amide bonds. The van der Waals surface area contributed by atoms with Gasteiger partial charge in [-0.3, -0.25) is 4.79 Å². The van der Waals surface area contributed by atoms with Crippen LogP contribution in [0.4, 0.5) is 0 Å². The molecule has 1 aliphatic rings. The maximum Gasteiger partial charge on any atom is 0.243 e. The smallest absolute Gasteiger partial charge is 0.243 e. The van der Waals surface area contributed by atoms with Gasteiger partial charge in [0.1, 0.15) is 0 Å². The van der Waals surface area contributed by atoms with Crippen LogP contribution < -0.4 is 11.1 Å². The minimum absolute atomic E-state index is 0.0111. The summed E-state index contributed by atoms with van der Waals surface area (Å²) in [6, 6.07) is 6.30. The molecule has 1 fully saturated rings. The van der Waals surface area contributed by atoms with Gasteiger partial charge in [-0.2, -0.15) is 4.31 Å². The second-order valence-electron chi connectivity index (χ2n) is 5.79. The number of nitrogens with two attached hydrogens (primary N) is 1. The third-order valence-electron chi connectivity index (χ3n) is 3.87. The summed E-state index contributed by atoms with van der Waals surface area (Å²) in [7, 11) is -3.45. The van der Waals surface area contributed by atoms with Crippen molar-refractivity contribution in [1.82, 2.24) is 9.62 Å². The van der Waals surface area contributed by atoms with Crippen molar-refractivity contribution in [3.05, 3.63) is 29.8 Å². The molecule has 1 atom stereocenters. The van der Waals surface area contributed by atoms with E-state index in [1.54, 1.807) is 31.2 Å². The maximum absolute atomic E-state index is 12.6. The molecule has 0 unspecified atom stereocenters. The molecule has 1 aliphatic heterocycles. The molecule has 0 aliphatic carbocycles. The van der Waals surface area contributed by atoms with Crippen LogP contribution in [0.3, 0.4) is 0 Å². The number of benzene rings is 1. The summed E-state index contributed by atoms with van der Waals surface area (Å²) in [6.45, 7) is 4.36. The lowest BCUT2D eigenvalue weighted by atomic mass is 10.1. The second-order valence-corrected chi connectivity index (χ2v) is 7.73. The first-order valence-corrected chi connectivity index (χ1v) is 8.87. The van der Waals surface area contributed by atoms with Crippen molar-refractivity contribution in [3.8, 4) is 0 Å². The van der Waals surface area contributed by atoms with Crippen LogP contribution in [0.15, 0.2) is 29.2 Å². The molecule has 0 aromatic heterocycles. The van der Waals surface area contributed by atoms with E-state index in [1.807, 2.05) is 6.92 Å². The van der Waals surface area contributed by atoms with E-state index in [2.05, 4.69) is 5.32 Å². The highest BCUT2D eigenvalue weighted by atomic mass is 32.2. The van der Waals surface area contributed by atoms with Crippen molar-refractivity contribution in [2.75, 3.05) is 13.1 Å². The summed E-state index contributed by atoms with van der Waals surface area (Å²) >= 11 is 0. The Balaban J connectivity index is 1.99. The van der Waals surface area contributed by atoms with Crippen LogP contribution in [0.5, 0.6) is 0 Å². The van der Waals surface area contributed by atoms with E-state index in [0.29, 0.717) is 30.8 Å². The zero-order valence-electron chi connectivity index (χ0n) is 13.0. The predicted octanol–water partition coefficient (Wildman–Crippen LogP) is 0.612. The topological polar surface area (TPSA) is 92.5 Å². The van der Waals surface area contributed by atoms with Crippen molar-refractivity contribution >= 4 is 15.9 Å². The summed E-state index contributed by atoms with van der Waals surface area (Å²) < 4.78 is 26.6. The number of carbonyl (C=O) groups is 1. The van der Waals surface area contributed by atoms with E-state index < -0.39 is 16.1 Å². The van der Waals surface area contributed by atoms with E-state index in [4.69, 9.17) is 5.73 Å². The molecule has 0 spiro atoms. The van der Waals surface area contributed by atoms with Gasteiger partial charge < -0.3 is 11.1 Å². The molecule has 0 bridgehead atoms.